The van der Waals surface area contributed by atoms with Crippen LogP contribution in [0.4, 0.5) is 10.1 Å². The summed E-state index contributed by atoms with van der Waals surface area (Å²) in [6, 6.07) is 7.65. The van der Waals surface area contributed by atoms with Gasteiger partial charge in [-0.15, -0.1) is 0 Å². The van der Waals surface area contributed by atoms with Crippen molar-refractivity contribution in [3.63, 3.8) is 0 Å². The van der Waals surface area contributed by atoms with Crippen LogP contribution in [-0.2, 0) is 4.79 Å². The lowest BCUT2D eigenvalue weighted by Gasteiger charge is -2.19. The van der Waals surface area contributed by atoms with E-state index < -0.39 is 11.7 Å². The molecule has 0 bridgehead atoms. The second kappa shape index (κ2) is 7.61. The van der Waals surface area contributed by atoms with Gasteiger partial charge >= 0.3 is 0 Å². The maximum atomic E-state index is 13.7. The zero-order valence-corrected chi connectivity index (χ0v) is 14.8. The van der Waals surface area contributed by atoms with E-state index in [1.165, 1.54) is 29.8 Å². The minimum atomic E-state index is -0.556. The molecule has 138 valence electrons. The molecule has 0 saturated carbocycles. The first-order valence-corrected chi connectivity index (χ1v) is 9.04. The van der Waals surface area contributed by atoms with Gasteiger partial charge in [0.05, 0.1) is 11.8 Å². The van der Waals surface area contributed by atoms with Crippen LogP contribution in [0.3, 0.4) is 0 Å². The molecule has 1 aliphatic carbocycles. The molecule has 0 radical (unpaired) electrons. The normalized spacial score (nSPS) is 17.1. The van der Waals surface area contributed by atoms with E-state index in [2.05, 4.69) is 15.6 Å². The molecule has 1 amide bonds. The maximum Gasteiger partial charge on any atom is 0.258 e. The predicted octanol–water partition coefficient (Wildman–Crippen LogP) is 4.44. The Morgan fingerprint density at radius 2 is 1.93 bits per heavy atom. The average molecular weight is 365 g/mol. The Labute approximate surface area is 156 Å². The molecular weight excluding hydrogens is 345 g/mol. The highest BCUT2D eigenvalue weighted by Gasteiger charge is 2.19. The van der Waals surface area contributed by atoms with Crippen molar-refractivity contribution in [1.82, 2.24) is 10.3 Å². The highest BCUT2D eigenvalue weighted by atomic mass is 19.1. The molecule has 0 spiro atoms. The summed E-state index contributed by atoms with van der Waals surface area (Å²) in [7, 11) is 0. The number of nitrogens with one attached hydrogen (secondary N) is 2. The molecule has 27 heavy (non-hydrogen) atoms. The number of dihydropyridines is 1. The third kappa shape index (κ3) is 3.69. The van der Waals surface area contributed by atoms with Gasteiger partial charge in [0.15, 0.2) is 18.0 Å². The quantitative estimate of drug-likeness (QED) is 0.841. The Bertz CT molecular complexity index is 925. The van der Waals surface area contributed by atoms with Gasteiger partial charge in [0.2, 0.25) is 0 Å². The number of hydrogen-bond donors (Lipinski definition) is 2. The zero-order chi connectivity index (χ0) is 18.6. The molecule has 2 N–H and O–H groups in total. The highest BCUT2D eigenvalue weighted by Crippen LogP contribution is 2.38. The molecule has 5 nitrogen and oxygen atoms in total. The number of benzene rings is 1. The SMILES string of the molecule is O=C(Nc1ccc(C2=C(c3cnco3)CCCC2)cc1)C1=CCNC=C1F. The number of halogens is 1. The topological polar surface area (TPSA) is 67.2 Å². The van der Waals surface area contributed by atoms with E-state index >= 15 is 0 Å². The second-order valence-corrected chi connectivity index (χ2v) is 6.58. The first-order valence-electron chi connectivity index (χ1n) is 9.04. The Balaban J connectivity index is 1.54. The molecule has 2 aliphatic rings. The van der Waals surface area contributed by atoms with Gasteiger partial charge in [0, 0.05) is 24.0 Å². The smallest absolute Gasteiger partial charge is 0.258 e. The minimum absolute atomic E-state index is 0.0559. The molecule has 4 rings (SSSR count). The number of carbonyl (C=O) groups excluding carboxylic acids is 1. The van der Waals surface area contributed by atoms with Gasteiger partial charge < -0.3 is 15.1 Å². The first kappa shape index (κ1) is 17.3. The van der Waals surface area contributed by atoms with E-state index in [9.17, 15) is 9.18 Å². The number of hydrogen-bond acceptors (Lipinski definition) is 4. The van der Waals surface area contributed by atoms with Gasteiger partial charge in [-0.05, 0) is 55.0 Å². The van der Waals surface area contributed by atoms with Crippen molar-refractivity contribution >= 4 is 22.7 Å². The van der Waals surface area contributed by atoms with Gasteiger partial charge in [-0.25, -0.2) is 9.37 Å². The fourth-order valence-corrected chi connectivity index (χ4v) is 3.50. The molecule has 0 fully saturated rings. The fourth-order valence-electron chi connectivity index (χ4n) is 3.50. The molecule has 1 aliphatic heterocycles. The van der Waals surface area contributed by atoms with Crippen molar-refractivity contribution in [2.75, 3.05) is 11.9 Å². The number of nitrogens with zero attached hydrogens (tertiary/aromatic N) is 1. The van der Waals surface area contributed by atoms with Crippen molar-refractivity contribution in [3.8, 4) is 0 Å². The number of carbonyl (C=O) groups is 1. The second-order valence-electron chi connectivity index (χ2n) is 6.58. The van der Waals surface area contributed by atoms with Crippen LogP contribution < -0.4 is 10.6 Å². The lowest BCUT2D eigenvalue weighted by molar-refractivity contribution is -0.112. The van der Waals surface area contributed by atoms with Gasteiger partial charge in [0.1, 0.15) is 0 Å². The van der Waals surface area contributed by atoms with Crippen LogP contribution in [0.2, 0.25) is 0 Å². The maximum absolute atomic E-state index is 13.7. The van der Waals surface area contributed by atoms with Crippen LogP contribution in [-0.4, -0.2) is 17.4 Å². The Morgan fingerprint density at radius 1 is 1.15 bits per heavy atom. The molecule has 1 aromatic carbocycles. The van der Waals surface area contributed by atoms with Crippen molar-refractivity contribution < 1.29 is 13.6 Å². The standard InChI is InChI=1S/C21H20FN3O2/c22-19-11-23-10-9-18(19)21(26)25-15-7-5-14(6-8-15)16-3-1-2-4-17(16)20-12-24-13-27-20/h5-9,11-13,23H,1-4,10H2,(H,25,26). The molecule has 2 aromatic rings. The lowest BCUT2D eigenvalue weighted by atomic mass is 9.86. The third-order valence-electron chi connectivity index (χ3n) is 4.84. The van der Waals surface area contributed by atoms with Crippen molar-refractivity contribution in [2.24, 2.45) is 0 Å². The lowest BCUT2D eigenvalue weighted by Crippen LogP contribution is -2.20. The van der Waals surface area contributed by atoms with Crippen molar-refractivity contribution in [1.29, 1.82) is 0 Å². The Hall–Kier alpha value is -3.15. The first-order chi connectivity index (χ1) is 13.2. The van der Waals surface area contributed by atoms with Gasteiger partial charge in [-0.2, -0.15) is 0 Å². The Morgan fingerprint density at radius 3 is 2.63 bits per heavy atom. The molecule has 6 heteroatoms. The molecule has 0 saturated heterocycles. The van der Waals surface area contributed by atoms with Crippen LogP contribution in [0.15, 0.2) is 64.9 Å². The van der Waals surface area contributed by atoms with E-state index in [1.807, 2.05) is 24.3 Å². The highest BCUT2D eigenvalue weighted by molar-refractivity contribution is 6.06. The predicted molar refractivity (Wildman–Crippen MR) is 102 cm³/mol. The van der Waals surface area contributed by atoms with Crippen LogP contribution in [0.5, 0.6) is 0 Å². The summed E-state index contributed by atoms with van der Waals surface area (Å²) < 4.78 is 19.2. The van der Waals surface area contributed by atoms with Gasteiger partial charge in [-0.3, -0.25) is 4.79 Å². The van der Waals surface area contributed by atoms with Crippen LogP contribution in [0.1, 0.15) is 37.0 Å². The van der Waals surface area contributed by atoms with Crippen LogP contribution in [0.25, 0.3) is 11.1 Å². The van der Waals surface area contributed by atoms with Crippen molar-refractivity contribution in [2.45, 2.75) is 25.7 Å². The number of allylic oxidation sites excluding steroid dienone is 2. The van der Waals surface area contributed by atoms with Gasteiger partial charge in [-0.1, -0.05) is 12.1 Å². The molecule has 2 heterocycles. The van der Waals surface area contributed by atoms with E-state index in [4.69, 9.17) is 4.42 Å². The summed E-state index contributed by atoms with van der Waals surface area (Å²) >= 11 is 0. The minimum Gasteiger partial charge on any atom is -0.444 e. The summed E-state index contributed by atoms with van der Waals surface area (Å²) in [5.41, 5.74) is 4.24. The molecule has 1 aromatic heterocycles. The van der Waals surface area contributed by atoms with Crippen LogP contribution >= 0.6 is 0 Å². The van der Waals surface area contributed by atoms with Crippen LogP contribution in [0, 0.1) is 0 Å². The monoisotopic (exact) mass is 365 g/mol. The fraction of sp³-hybridized carbons (Fsp3) is 0.238. The third-order valence-corrected chi connectivity index (χ3v) is 4.84. The largest absolute Gasteiger partial charge is 0.444 e. The summed E-state index contributed by atoms with van der Waals surface area (Å²) in [6.07, 6.45) is 10.2. The zero-order valence-electron chi connectivity index (χ0n) is 14.8. The summed E-state index contributed by atoms with van der Waals surface area (Å²) in [5.74, 6) is -0.182. The Kier molecular flexibility index (Phi) is 4.87. The van der Waals surface area contributed by atoms with E-state index in [0.29, 0.717) is 12.2 Å². The molecular formula is C21H20FN3O2. The number of anilines is 1. The summed E-state index contributed by atoms with van der Waals surface area (Å²) in [6.45, 7) is 0.438. The molecule has 0 unspecified atom stereocenters. The molecule has 0 atom stereocenters. The average Bonchev–Trinajstić information content (AvgIpc) is 3.24. The number of rotatable bonds is 4. The number of oxazole rings is 1. The summed E-state index contributed by atoms with van der Waals surface area (Å²) in [5, 5.41) is 5.48. The van der Waals surface area contributed by atoms with E-state index in [-0.39, 0.29) is 5.57 Å². The van der Waals surface area contributed by atoms with E-state index in [1.54, 1.807) is 6.20 Å². The van der Waals surface area contributed by atoms with E-state index in [0.717, 1.165) is 37.0 Å². The van der Waals surface area contributed by atoms with Gasteiger partial charge in [0.25, 0.3) is 5.91 Å². The number of amides is 1. The number of aromatic nitrogens is 1. The summed E-state index contributed by atoms with van der Waals surface area (Å²) in [4.78, 5) is 16.3. The van der Waals surface area contributed by atoms with Crippen molar-refractivity contribution in [3.05, 3.63) is 71.9 Å².